The summed E-state index contributed by atoms with van der Waals surface area (Å²) in [6, 6.07) is 9.51. The Bertz CT molecular complexity index is 433. The molecule has 0 radical (unpaired) electrons. The van der Waals surface area contributed by atoms with Crippen LogP contribution < -0.4 is 5.11 Å². The zero-order chi connectivity index (χ0) is 13.7. The number of ether oxygens (including phenoxy) is 1. The summed E-state index contributed by atoms with van der Waals surface area (Å²) in [4.78, 5) is 22.6. The van der Waals surface area contributed by atoms with E-state index in [1.54, 1.807) is 0 Å². The van der Waals surface area contributed by atoms with E-state index in [0.29, 0.717) is 25.7 Å². The van der Waals surface area contributed by atoms with Crippen LogP contribution in [0.4, 0.5) is 0 Å². The largest absolute Gasteiger partial charge is 0.550 e. The lowest BCUT2D eigenvalue weighted by atomic mass is 9.82. The molecule has 0 saturated heterocycles. The van der Waals surface area contributed by atoms with Crippen LogP contribution in [0.5, 0.6) is 0 Å². The van der Waals surface area contributed by atoms with Gasteiger partial charge in [0, 0.05) is 5.97 Å². The topological polar surface area (TPSA) is 66.4 Å². The molecule has 2 rings (SSSR count). The van der Waals surface area contributed by atoms with E-state index >= 15 is 0 Å². The summed E-state index contributed by atoms with van der Waals surface area (Å²) >= 11 is 0. The van der Waals surface area contributed by atoms with Crippen molar-refractivity contribution in [3.8, 4) is 0 Å². The van der Waals surface area contributed by atoms with Crippen LogP contribution in [0.25, 0.3) is 0 Å². The Labute approximate surface area is 112 Å². The summed E-state index contributed by atoms with van der Waals surface area (Å²) in [5.74, 6) is -1.80. The smallest absolute Gasteiger partial charge is 0.309 e. The minimum absolute atomic E-state index is 0.167. The van der Waals surface area contributed by atoms with Crippen LogP contribution in [0, 0.1) is 11.8 Å². The standard InChI is InChI=1S/C15H18O4/c16-14(17)12-6-8-13(9-7-12)15(18)19-10-11-4-2-1-3-5-11/h1-5,12-13H,6-10H2,(H,16,17)/p-1. The molecule has 0 bridgehead atoms. The molecule has 0 amide bonds. The van der Waals surface area contributed by atoms with Gasteiger partial charge in [-0.25, -0.2) is 0 Å². The van der Waals surface area contributed by atoms with E-state index in [1.165, 1.54) is 0 Å². The van der Waals surface area contributed by atoms with E-state index < -0.39 is 11.9 Å². The highest BCUT2D eigenvalue weighted by Gasteiger charge is 2.27. The van der Waals surface area contributed by atoms with Crippen molar-refractivity contribution >= 4 is 11.9 Å². The Morgan fingerprint density at radius 3 is 2.21 bits per heavy atom. The number of rotatable bonds is 4. The van der Waals surface area contributed by atoms with E-state index in [0.717, 1.165) is 5.56 Å². The fraction of sp³-hybridized carbons (Fsp3) is 0.467. The van der Waals surface area contributed by atoms with Gasteiger partial charge < -0.3 is 14.6 Å². The Morgan fingerprint density at radius 1 is 1.05 bits per heavy atom. The van der Waals surface area contributed by atoms with Crippen LogP contribution in [0.1, 0.15) is 31.2 Å². The number of hydrogen-bond donors (Lipinski definition) is 0. The van der Waals surface area contributed by atoms with Crippen molar-refractivity contribution in [1.29, 1.82) is 0 Å². The Kier molecular flexibility index (Phi) is 4.55. The van der Waals surface area contributed by atoms with Gasteiger partial charge in [-0.05, 0) is 37.2 Å². The number of hydrogen-bond acceptors (Lipinski definition) is 4. The van der Waals surface area contributed by atoms with Gasteiger partial charge in [0.1, 0.15) is 6.61 Å². The van der Waals surface area contributed by atoms with E-state index in [9.17, 15) is 14.7 Å². The molecule has 1 aromatic carbocycles. The maximum atomic E-state index is 11.9. The summed E-state index contributed by atoms with van der Waals surface area (Å²) in [6.07, 6.45) is 2.17. The maximum Gasteiger partial charge on any atom is 0.309 e. The first kappa shape index (κ1) is 13.6. The molecule has 1 aliphatic rings. The first-order valence-corrected chi connectivity index (χ1v) is 6.58. The van der Waals surface area contributed by atoms with E-state index in [2.05, 4.69) is 0 Å². The average Bonchev–Trinajstić information content (AvgIpc) is 2.46. The molecule has 0 spiro atoms. The Morgan fingerprint density at radius 2 is 1.63 bits per heavy atom. The first-order chi connectivity index (χ1) is 9.16. The number of benzene rings is 1. The lowest BCUT2D eigenvalue weighted by Gasteiger charge is -2.27. The molecule has 1 aromatic rings. The van der Waals surface area contributed by atoms with Gasteiger partial charge >= 0.3 is 5.97 Å². The third kappa shape index (κ3) is 3.81. The normalized spacial score (nSPS) is 22.7. The third-order valence-electron chi connectivity index (χ3n) is 3.62. The van der Waals surface area contributed by atoms with Crippen LogP contribution >= 0.6 is 0 Å². The zero-order valence-corrected chi connectivity index (χ0v) is 10.7. The summed E-state index contributed by atoms with van der Waals surface area (Å²) in [5, 5.41) is 10.7. The van der Waals surface area contributed by atoms with Crippen molar-refractivity contribution in [2.45, 2.75) is 32.3 Å². The molecule has 0 atom stereocenters. The van der Waals surface area contributed by atoms with Crippen molar-refractivity contribution < 1.29 is 19.4 Å². The van der Waals surface area contributed by atoms with Gasteiger partial charge in [-0.3, -0.25) is 4.79 Å². The summed E-state index contributed by atoms with van der Waals surface area (Å²) < 4.78 is 5.26. The van der Waals surface area contributed by atoms with Gasteiger partial charge in [-0.15, -0.1) is 0 Å². The number of carbonyl (C=O) groups excluding carboxylic acids is 2. The molecule has 0 heterocycles. The monoisotopic (exact) mass is 261 g/mol. The summed E-state index contributed by atoms with van der Waals surface area (Å²) in [7, 11) is 0. The Hall–Kier alpha value is -1.84. The highest BCUT2D eigenvalue weighted by atomic mass is 16.5. The van der Waals surface area contributed by atoms with Crippen LogP contribution in [-0.2, 0) is 20.9 Å². The van der Waals surface area contributed by atoms with Gasteiger partial charge in [0.05, 0.1) is 5.92 Å². The second kappa shape index (κ2) is 6.36. The van der Waals surface area contributed by atoms with E-state index in [-0.39, 0.29) is 18.5 Å². The first-order valence-electron chi connectivity index (χ1n) is 6.58. The molecule has 102 valence electrons. The molecule has 19 heavy (non-hydrogen) atoms. The molecule has 0 aromatic heterocycles. The number of carboxylic acids is 1. The molecule has 1 fully saturated rings. The number of carbonyl (C=O) groups is 2. The van der Waals surface area contributed by atoms with Gasteiger partial charge in [-0.2, -0.15) is 0 Å². The average molecular weight is 261 g/mol. The Balaban J connectivity index is 1.77. The zero-order valence-electron chi connectivity index (χ0n) is 10.7. The molecule has 0 unspecified atom stereocenters. The van der Waals surface area contributed by atoms with Crippen molar-refractivity contribution in [2.75, 3.05) is 0 Å². The van der Waals surface area contributed by atoms with Crippen LogP contribution in [0.3, 0.4) is 0 Å². The maximum absolute atomic E-state index is 11.9. The lowest BCUT2D eigenvalue weighted by molar-refractivity contribution is -0.312. The van der Waals surface area contributed by atoms with Gasteiger partial charge in [0.15, 0.2) is 0 Å². The molecular formula is C15H17O4-. The quantitative estimate of drug-likeness (QED) is 0.766. The second-order valence-corrected chi connectivity index (χ2v) is 4.96. The number of esters is 1. The molecular weight excluding hydrogens is 244 g/mol. The third-order valence-corrected chi connectivity index (χ3v) is 3.62. The number of aliphatic carboxylic acids is 1. The molecule has 0 aliphatic heterocycles. The van der Waals surface area contributed by atoms with Gasteiger partial charge in [-0.1, -0.05) is 30.3 Å². The van der Waals surface area contributed by atoms with Gasteiger partial charge in [0.2, 0.25) is 0 Å². The van der Waals surface area contributed by atoms with E-state index in [1.807, 2.05) is 30.3 Å². The minimum Gasteiger partial charge on any atom is -0.550 e. The second-order valence-electron chi connectivity index (χ2n) is 4.96. The van der Waals surface area contributed by atoms with Crippen molar-refractivity contribution in [1.82, 2.24) is 0 Å². The molecule has 4 heteroatoms. The van der Waals surface area contributed by atoms with Crippen molar-refractivity contribution in [3.63, 3.8) is 0 Å². The fourth-order valence-corrected chi connectivity index (χ4v) is 2.41. The van der Waals surface area contributed by atoms with Crippen molar-refractivity contribution in [3.05, 3.63) is 35.9 Å². The molecule has 1 aliphatic carbocycles. The highest BCUT2D eigenvalue weighted by molar-refractivity contribution is 5.73. The predicted octanol–water partition coefficient (Wildman–Crippen LogP) is 1.29. The SMILES string of the molecule is O=C([O-])C1CCC(C(=O)OCc2ccccc2)CC1. The van der Waals surface area contributed by atoms with Gasteiger partial charge in [0.25, 0.3) is 0 Å². The fourth-order valence-electron chi connectivity index (χ4n) is 2.41. The van der Waals surface area contributed by atoms with Crippen LogP contribution in [0.2, 0.25) is 0 Å². The predicted molar refractivity (Wildman–Crippen MR) is 66.7 cm³/mol. The highest BCUT2D eigenvalue weighted by Crippen LogP contribution is 2.29. The van der Waals surface area contributed by atoms with E-state index in [4.69, 9.17) is 4.74 Å². The summed E-state index contributed by atoms with van der Waals surface area (Å²) in [6.45, 7) is 0.278. The van der Waals surface area contributed by atoms with Crippen molar-refractivity contribution in [2.24, 2.45) is 11.8 Å². The molecule has 4 nitrogen and oxygen atoms in total. The minimum atomic E-state index is -1.00. The lowest BCUT2D eigenvalue weighted by Crippen LogP contribution is -2.35. The molecule has 1 saturated carbocycles. The van der Waals surface area contributed by atoms with Crippen LogP contribution in [-0.4, -0.2) is 11.9 Å². The molecule has 0 N–H and O–H groups in total. The summed E-state index contributed by atoms with van der Waals surface area (Å²) in [5.41, 5.74) is 0.958. The van der Waals surface area contributed by atoms with Crippen LogP contribution in [0.15, 0.2) is 30.3 Å². The number of carboxylic acid groups (broad SMARTS) is 1.